The van der Waals surface area contributed by atoms with Crippen molar-refractivity contribution in [3.05, 3.63) is 0 Å². The second-order valence-electron chi connectivity index (χ2n) is 4.19. The molecule has 0 aromatic carbocycles. The normalized spacial score (nSPS) is 23.2. The molecule has 1 aliphatic carbocycles. The Bertz CT molecular complexity index is 124. The van der Waals surface area contributed by atoms with Gasteiger partial charge in [-0.15, -0.1) is 0 Å². The Morgan fingerprint density at radius 1 is 1.50 bits per heavy atom. The highest BCUT2D eigenvalue weighted by Crippen LogP contribution is 2.42. The highest BCUT2D eigenvalue weighted by molar-refractivity contribution is 4.88. The third-order valence-electron chi connectivity index (χ3n) is 3.10. The van der Waals surface area contributed by atoms with Gasteiger partial charge in [-0.2, -0.15) is 0 Å². The minimum absolute atomic E-state index is 0.209. The zero-order valence-electron chi connectivity index (χ0n) is 8.27. The van der Waals surface area contributed by atoms with E-state index < -0.39 is 0 Å². The summed E-state index contributed by atoms with van der Waals surface area (Å²) in [6.45, 7) is 5.92. The van der Waals surface area contributed by atoms with Crippen molar-refractivity contribution in [1.29, 1.82) is 0 Å². The first kappa shape index (κ1) is 10.0. The van der Waals surface area contributed by atoms with E-state index in [1.807, 2.05) is 6.92 Å². The van der Waals surface area contributed by atoms with Crippen LogP contribution in [0.2, 0.25) is 0 Å². The lowest BCUT2D eigenvalue weighted by molar-refractivity contribution is 0.113. The van der Waals surface area contributed by atoms with E-state index in [0.29, 0.717) is 5.41 Å². The fourth-order valence-corrected chi connectivity index (χ4v) is 1.88. The number of nitrogens with one attached hydrogen (secondary N) is 1. The van der Waals surface area contributed by atoms with Crippen LogP contribution in [0.15, 0.2) is 0 Å². The number of hydrogen-bond acceptors (Lipinski definition) is 2. The molecule has 1 atom stereocenters. The highest BCUT2D eigenvalue weighted by atomic mass is 16.3. The quantitative estimate of drug-likeness (QED) is 0.657. The first-order valence-electron chi connectivity index (χ1n) is 5.07. The summed E-state index contributed by atoms with van der Waals surface area (Å²) < 4.78 is 0. The first-order valence-corrected chi connectivity index (χ1v) is 5.07. The molecule has 0 spiro atoms. The van der Waals surface area contributed by atoms with E-state index in [-0.39, 0.29) is 6.10 Å². The Hall–Kier alpha value is -0.0800. The van der Waals surface area contributed by atoms with Crippen LogP contribution in [-0.4, -0.2) is 24.3 Å². The van der Waals surface area contributed by atoms with Crippen LogP contribution in [0, 0.1) is 5.41 Å². The van der Waals surface area contributed by atoms with E-state index in [0.717, 1.165) is 13.1 Å². The highest BCUT2D eigenvalue weighted by Gasteiger charge is 2.34. The summed E-state index contributed by atoms with van der Waals surface area (Å²) in [6, 6.07) is 0. The molecule has 0 aromatic heterocycles. The summed E-state index contributed by atoms with van der Waals surface area (Å²) in [5.74, 6) is 0. The van der Waals surface area contributed by atoms with Crippen molar-refractivity contribution < 1.29 is 5.11 Å². The van der Waals surface area contributed by atoms with Gasteiger partial charge in [-0.1, -0.05) is 13.3 Å². The zero-order valence-corrected chi connectivity index (χ0v) is 8.27. The van der Waals surface area contributed by atoms with E-state index in [4.69, 9.17) is 5.11 Å². The SMILES string of the molecule is CCC1(CNCC(C)O)CCC1. The molecular formula is C10H21NO. The van der Waals surface area contributed by atoms with E-state index in [1.165, 1.54) is 25.7 Å². The first-order chi connectivity index (χ1) is 5.68. The Labute approximate surface area is 75.4 Å². The molecule has 72 valence electrons. The standard InChI is InChI=1S/C10H21NO/c1-3-10(5-4-6-10)8-11-7-9(2)12/h9,11-12H,3-8H2,1-2H3. The average molecular weight is 171 g/mol. The van der Waals surface area contributed by atoms with Crippen LogP contribution < -0.4 is 5.32 Å². The van der Waals surface area contributed by atoms with Gasteiger partial charge in [0.15, 0.2) is 0 Å². The molecule has 2 N–H and O–H groups in total. The number of aliphatic hydroxyl groups is 1. The second-order valence-corrected chi connectivity index (χ2v) is 4.19. The summed E-state index contributed by atoms with van der Waals surface area (Å²) in [6.07, 6.45) is 5.20. The maximum Gasteiger partial charge on any atom is 0.0636 e. The lowest BCUT2D eigenvalue weighted by atomic mass is 9.67. The Morgan fingerprint density at radius 2 is 2.17 bits per heavy atom. The monoisotopic (exact) mass is 171 g/mol. The third kappa shape index (κ3) is 2.46. The molecule has 0 radical (unpaired) electrons. The minimum Gasteiger partial charge on any atom is -0.392 e. The van der Waals surface area contributed by atoms with Crippen molar-refractivity contribution in [2.45, 2.75) is 45.6 Å². The molecule has 1 saturated carbocycles. The molecule has 0 saturated heterocycles. The minimum atomic E-state index is -0.209. The van der Waals surface area contributed by atoms with Crippen molar-refractivity contribution in [3.8, 4) is 0 Å². The summed E-state index contributed by atoms with van der Waals surface area (Å²) in [4.78, 5) is 0. The van der Waals surface area contributed by atoms with Crippen molar-refractivity contribution in [2.24, 2.45) is 5.41 Å². The molecular weight excluding hydrogens is 150 g/mol. The maximum atomic E-state index is 9.05. The molecule has 0 amide bonds. The Morgan fingerprint density at radius 3 is 2.50 bits per heavy atom. The summed E-state index contributed by atoms with van der Waals surface area (Å²) >= 11 is 0. The van der Waals surface area contributed by atoms with Crippen LogP contribution >= 0.6 is 0 Å². The van der Waals surface area contributed by atoms with Gasteiger partial charge in [-0.25, -0.2) is 0 Å². The number of hydrogen-bond donors (Lipinski definition) is 2. The van der Waals surface area contributed by atoms with Gasteiger partial charge in [0, 0.05) is 13.1 Å². The van der Waals surface area contributed by atoms with Gasteiger partial charge in [0.1, 0.15) is 0 Å². The van der Waals surface area contributed by atoms with Crippen LogP contribution in [0.3, 0.4) is 0 Å². The van der Waals surface area contributed by atoms with Gasteiger partial charge in [0.05, 0.1) is 6.10 Å². The average Bonchev–Trinajstić information content (AvgIpc) is 1.94. The van der Waals surface area contributed by atoms with Gasteiger partial charge in [0.25, 0.3) is 0 Å². The third-order valence-corrected chi connectivity index (χ3v) is 3.10. The molecule has 0 bridgehead atoms. The van der Waals surface area contributed by atoms with E-state index in [2.05, 4.69) is 12.2 Å². The van der Waals surface area contributed by atoms with Crippen molar-refractivity contribution in [2.75, 3.05) is 13.1 Å². The summed E-state index contributed by atoms with van der Waals surface area (Å²) in [5.41, 5.74) is 0.578. The maximum absolute atomic E-state index is 9.05. The zero-order chi connectivity index (χ0) is 9.03. The summed E-state index contributed by atoms with van der Waals surface area (Å²) in [7, 11) is 0. The van der Waals surface area contributed by atoms with Crippen molar-refractivity contribution >= 4 is 0 Å². The van der Waals surface area contributed by atoms with Gasteiger partial charge in [-0.3, -0.25) is 0 Å². The number of rotatable bonds is 5. The fourth-order valence-electron chi connectivity index (χ4n) is 1.88. The van der Waals surface area contributed by atoms with Crippen molar-refractivity contribution in [1.82, 2.24) is 5.32 Å². The molecule has 2 heteroatoms. The van der Waals surface area contributed by atoms with Crippen LogP contribution in [0.4, 0.5) is 0 Å². The predicted molar refractivity (Wildman–Crippen MR) is 51.1 cm³/mol. The topological polar surface area (TPSA) is 32.3 Å². The molecule has 1 unspecified atom stereocenters. The predicted octanol–water partition coefficient (Wildman–Crippen LogP) is 1.54. The van der Waals surface area contributed by atoms with Gasteiger partial charge in [0.2, 0.25) is 0 Å². The molecule has 2 nitrogen and oxygen atoms in total. The van der Waals surface area contributed by atoms with Crippen molar-refractivity contribution in [3.63, 3.8) is 0 Å². The molecule has 0 aliphatic heterocycles. The molecule has 12 heavy (non-hydrogen) atoms. The fraction of sp³-hybridized carbons (Fsp3) is 1.00. The molecule has 1 fully saturated rings. The van der Waals surface area contributed by atoms with E-state index in [9.17, 15) is 0 Å². The lowest BCUT2D eigenvalue weighted by Gasteiger charge is -2.41. The Balaban J connectivity index is 2.12. The smallest absolute Gasteiger partial charge is 0.0636 e. The Kier molecular flexibility index (Phi) is 3.53. The largest absolute Gasteiger partial charge is 0.392 e. The van der Waals surface area contributed by atoms with Crippen LogP contribution in [0.1, 0.15) is 39.5 Å². The van der Waals surface area contributed by atoms with Gasteiger partial charge >= 0.3 is 0 Å². The van der Waals surface area contributed by atoms with Crippen LogP contribution in [-0.2, 0) is 0 Å². The lowest BCUT2D eigenvalue weighted by Crippen LogP contribution is -2.41. The van der Waals surface area contributed by atoms with Crippen LogP contribution in [0.25, 0.3) is 0 Å². The van der Waals surface area contributed by atoms with E-state index >= 15 is 0 Å². The molecule has 0 aromatic rings. The molecule has 1 rings (SSSR count). The molecule has 0 heterocycles. The second kappa shape index (κ2) is 4.24. The molecule has 1 aliphatic rings. The van der Waals surface area contributed by atoms with Gasteiger partial charge in [-0.05, 0) is 31.6 Å². The number of aliphatic hydroxyl groups excluding tert-OH is 1. The van der Waals surface area contributed by atoms with E-state index in [1.54, 1.807) is 0 Å². The summed E-state index contributed by atoms with van der Waals surface area (Å²) in [5, 5.41) is 12.4. The van der Waals surface area contributed by atoms with Gasteiger partial charge < -0.3 is 10.4 Å². The van der Waals surface area contributed by atoms with Crippen LogP contribution in [0.5, 0.6) is 0 Å².